The van der Waals surface area contributed by atoms with E-state index >= 15 is 0 Å². The van der Waals surface area contributed by atoms with E-state index in [1.165, 1.54) is 4.57 Å². The summed E-state index contributed by atoms with van der Waals surface area (Å²) in [4.78, 5) is 28.6. The summed E-state index contributed by atoms with van der Waals surface area (Å²) >= 11 is 0. The minimum Gasteiger partial charge on any atom is -0.364 e. The fraction of sp³-hybridized carbons (Fsp3) is 0.0455. The minimum absolute atomic E-state index is 0.178. The van der Waals surface area contributed by atoms with E-state index in [0.717, 1.165) is 6.07 Å². The Morgan fingerprint density at radius 1 is 0.968 bits per heavy atom. The minimum atomic E-state index is -4.90. The van der Waals surface area contributed by atoms with Gasteiger partial charge in [-0.25, -0.2) is 4.98 Å². The molecular weight excluding hydrogens is 409 g/mol. The Morgan fingerprint density at radius 3 is 2.16 bits per heavy atom. The van der Waals surface area contributed by atoms with Gasteiger partial charge in [-0.2, -0.15) is 13.2 Å². The summed E-state index contributed by atoms with van der Waals surface area (Å²) in [7, 11) is 0. The van der Waals surface area contributed by atoms with Crippen molar-refractivity contribution in [1.82, 2.24) is 9.55 Å². The van der Waals surface area contributed by atoms with Crippen LogP contribution < -0.4 is 16.5 Å². The lowest BCUT2D eigenvalue weighted by molar-refractivity contribution is -0.136. The van der Waals surface area contributed by atoms with Gasteiger partial charge >= 0.3 is 6.18 Å². The molecule has 0 unspecified atom stereocenters. The van der Waals surface area contributed by atoms with Crippen LogP contribution in [-0.4, -0.2) is 15.5 Å². The standard InChI is InChI=1S/C22H15F3N4O2/c23-22(24,25)15-11-16(20(26)31)28-21-19(15)17(30)12-18(27-13-7-3-1-4-8-13)29(21)14-9-5-2-6-10-14/h1-12,27H,(H2,26,31). The molecule has 0 spiro atoms. The number of primary amides is 1. The summed E-state index contributed by atoms with van der Waals surface area (Å²) in [6, 6.07) is 18.8. The maximum atomic E-state index is 13.8. The lowest BCUT2D eigenvalue weighted by atomic mass is 10.1. The largest absolute Gasteiger partial charge is 0.417 e. The van der Waals surface area contributed by atoms with Gasteiger partial charge in [-0.3, -0.25) is 14.2 Å². The van der Waals surface area contributed by atoms with Crippen molar-refractivity contribution >= 4 is 28.4 Å². The first kappa shape index (κ1) is 20.1. The number of pyridine rings is 2. The highest BCUT2D eigenvalue weighted by Crippen LogP contribution is 2.35. The molecule has 4 rings (SSSR count). The van der Waals surface area contributed by atoms with Crippen molar-refractivity contribution < 1.29 is 18.0 Å². The Bertz CT molecular complexity index is 1330. The smallest absolute Gasteiger partial charge is 0.364 e. The Kier molecular flexibility index (Phi) is 4.94. The number of nitrogens with two attached hydrogens (primary N) is 1. The number of nitrogens with one attached hydrogen (secondary N) is 1. The van der Waals surface area contributed by atoms with Crippen LogP contribution in [0.15, 0.2) is 77.6 Å². The van der Waals surface area contributed by atoms with Gasteiger partial charge in [0, 0.05) is 17.4 Å². The van der Waals surface area contributed by atoms with Gasteiger partial charge in [0.05, 0.1) is 10.9 Å². The molecule has 0 atom stereocenters. The van der Waals surface area contributed by atoms with Gasteiger partial charge in [-0.15, -0.1) is 0 Å². The molecule has 0 aliphatic heterocycles. The van der Waals surface area contributed by atoms with Crippen molar-refractivity contribution in [1.29, 1.82) is 0 Å². The number of para-hydroxylation sites is 2. The number of aromatic nitrogens is 2. The summed E-state index contributed by atoms with van der Waals surface area (Å²) in [5, 5.41) is 2.38. The van der Waals surface area contributed by atoms with Gasteiger partial charge in [0.15, 0.2) is 11.1 Å². The number of fused-ring (bicyclic) bond motifs is 1. The van der Waals surface area contributed by atoms with Crippen molar-refractivity contribution in [3.63, 3.8) is 0 Å². The van der Waals surface area contributed by atoms with Crippen molar-refractivity contribution in [2.45, 2.75) is 6.18 Å². The monoisotopic (exact) mass is 424 g/mol. The van der Waals surface area contributed by atoms with E-state index in [9.17, 15) is 22.8 Å². The molecule has 6 nitrogen and oxygen atoms in total. The van der Waals surface area contributed by atoms with E-state index in [-0.39, 0.29) is 11.5 Å². The number of hydrogen-bond acceptors (Lipinski definition) is 4. The zero-order valence-electron chi connectivity index (χ0n) is 15.9. The third-order valence-electron chi connectivity index (χ3n) is 4.59. The van der Waals surface area contributed by atoms with Crippen molar-refractivity contribution in [3.05, 3.63) is 94.3 Å². The molecule has 0 fully saturated rings. The van der Waals surface area contributed by atoms with E-state index in [4.69, 9.17) is 5.73 Å². The lowest BCUT2D eigenvalue weighted by Crippen LogP contribution is -2.22. The summed E-state index contributed by atoms with van der Waals surface area (Å²) in [5.74, 6) is -0.960. The van der Waals surface area contributed by atoms with Crippen molar-refractivity contribution in [2.24, 2.45) is 5.73 Å². The Balaban J connectivity index is 2.14. The molecule has 0 saturated heterocycles. The molecule has 0 aliphatic rings. The number of nitrogens with zero attached hydrogens (tertiary/aromatic N) is 2. The maximum Gasteiger partial charge on any atom is 0.417 e. The first-order chi connectivity index (χ1) is 14.8. The molecule has 0 radical (unpaired) electrons. The lowest BCUT2D eigenvalue weighted by Gasteiger charge is -2.20. The molecule has 31 heavy (non-hydrogen) atoms. The number of alkyl halides is 3. The van der Waals surface area contributed by atoms with Crippen LogP contribution in [0.3, 0.4) is 0 Å². The van der Waals surface area contributed by atoms with E-state index in [1.54, 1.807) is 60.7 Å². The Labute approximate surface area is 173 Å². The fourth-order valence-electron chi connectivity index (χ4n) is 3.26. The zero-order chi connectivity index (χ0) is 22.2. The first-order valence-electron chi connectivity index (χ1n) is 9.11. The summed E-state index contributed by atoms with van der Waals surface area (Å²) < 4.78 is 42.7. The van der Waals surface area contributed by atoms with E-state index in [2.05, 4.69) is 10.3 Å². The topological polar surface area (TPSA) is 90.0 Å². The number of anilines is 2. The van der Waals surface area contributed by atoms with E-state index in [1.807, 2.05) is 0 Å². The molecular formula is C22H15F3N4O2. The Hall–Kier alpha value is -4.14. The average molecular weight is 424 g/mol. The molecule has 0 bridgehead atoms. The van der Waals surface area contributed by atoms with Gasteiger partial charge in [-0.1, -0.05) is 36.4 Å². The predicted octanol–water partition coefficient (Wildman–Crippen LogP) is 4.25. The summed E-state index contributed by atoms with van der Waals surface area (Å²) in [6.45, 7) is 0. The summed E-state index contributed by atoms with van der Waals surface area (Å²) in [6.07, 6.45) is -4.90. The van der Waals surface area contributed by atoms with E-state index < -0.39 is 34.2 Å². The van der Waals surface area contributed by atoms with Crippen LogP contribution in [0.4, 0.5) is 24.7 Å². The van der Waals surface area contributed by atoms with Crippen molar-refractivity contribution in [2.75, 3.05) is 5.32 Å². The van der Waals surface area contributed by atoms with Gasteiger partial charge in [-0.05, 0) is 30.3 Å². The molecule has 3 N–H and O–H groups in total. The third kappa shape index (κ3) is 3.85. The van der Waals surface area contributed by atoms with Crippen molar-refractivity contribution in [3.8, 4) is 5.69 Å². The SMILES string of the molecule is NC(=O)c1cc(C(F)(F)F)c2c(=O)cc(Nc3ccccc3)n(-c3ccccc3)c2n1. The van der Waals surface area contributed by atoms with Crippen LogP contribution in [0.5, 0.6) is 0 Å². The van der Waals surface area contributed by atoms with Gasteiger partial charge in [0.25, 0.3) is 5.91 Å². The highest BCUT2D eigenvalue weighted by molar-refractivity contribution is 5.95. The van der Waals surface area contributed by atoms with Gasteiger partial charge in [0.1, 0.15) is 11.5 Å². The molecule has 0 aliphatic carbocycles. The second kappa shape index (κ2) is 7.60. The number of halogens is 3. The number of carbonyl (C=O) groups is 1. The quantitative estimate of drug-likeness (QED) is 0.513. The number of benzene rings is 2. The zero-order valence-corrected chi connectivity index (χ0v) is 15.9. The highest BCUT2D eigenvalue weighted by Gasteiger charge is 2.36. The molecule has 0 saturated carbocycles. The molecule has 9 heteroatoms. The molecule has 2 heterocycles. The normalized spacial score (nSPS) is 11.5. The number of rotatable bonds is 4. The maximum absolute atomic E-state index is 13.8. The summed E-state index contributed by atoms with van der Waals surface area (Å²) in [5.41, 5.74) is 3.18. The fourth-order valence-corrected chi connectivity index (χ4v) is 3.26. The van der Waals surface area contributed by atoms with Crippen LogP contribution in [-0.2, 0) is 6.18 Å². The predicted molar refractivity (Wildman–Crippen MR) is 111 cm³/mol. The molecule has 2 aromatic carbocycles. The number of carbonyl (C=O) groups excluding carboxylic acids is 1. The molecule has 2 aromatic heterocycles. The van der Waals surface area contributed by atoms with E-state index in [0.29, 0.717) is 17.4 Å². The van der Waals surface area contributed by atoms with Gasteiger partial charge < -0.3 is 11.1 Å². The molecule has 156 valence electrons. The average Bonchev–Trinajstić information content (AvgIpc) is 2.73. The second-order valence-electron chi connectivity index (χ2n) is 6.67. The highest BCUT2D eigenvalue weighted by atomic mass is 19.4. The third-order valence-corrected chi connectivity index (χ3v) is 4.59. The Morgan fingerprint density at radius 2 is 1.58 bits per heavy atom. The van der Waals surface area contributed by atoms with Gasteiger partial charge in [0.2, 0.25) is 0 Å². The van der Waals surface area contributed by atoms with Crippen LogP contribution in [0, 0.1) is 0 Å². The number of amides is 1. The molecule has 1 amide bonds. The first-order valence-corrected chi connectivity index (χ1v) is 9.11. The van der Waals surface area contributed by atoms with Crippen LogP contribution in [0.1, 0.15) is 16.1 Å². The molecule has 4 aromatic rings. The van der Waals surface area contributed by atoms with Crippen LogP contribution in [0.25, 0.3) is 16.7 Å². The van der Waals surface area contributed by atoms with Crippen LogP contribution in [0.2, 0.25) is 0 Å². The van der Waals surface area contributed by atoms with Crippen LogP contribution >= 0.6 is 0 Å². The second-order valence-corrected chi connectivity index (χ2v) is 6.67. The number of hydrogen-bond donors (Lipinski definition) is 2.